The molecule has 0 spiro atoms. The van der Waals surface area contributed by atoms with E-state index in [2.05, 4.69) is 113 Å². The maximum atomic E-state index is 4.94. The van der Waals surface area contributed by atoms with Crippen molar-refractivity contribution in [3.8, 4) is 33.6 Å². The molecule has 0 saturated heterocycles. The molecular weight excluding hydrogens is 470 g/mol. The van der Waals surface area contributed by atoms with Crippen molar-refractivity contribution in [2.24, 2.45) is 0 Å². The van der Waals surface area contributed by atoms with Gasteiger partial charge in [-0.25, -0.2) is 4.98 Å². The van der Waals surface area contributed by atoms with E-state index in [-0.39, 0.29) is 0 Å². The van der Waals surface area contributed by atoms with Gasteiger partial charge in [-0.05, 0) is 80.9 Å². The molecule has 1 aliphatic rings. The molecule has 8 rings (SSSR count). The Bertz CT molecular complexity index is 2000. The van der Waals surface area contributed by atoms with Crippen LogP contribution in [0.1, 0.15) is 0 Å². The lowest BCUT2D eigenvalue weighted by Gasteiger charge is -2.19. The van der Waals surface area contributed by atoms with Gasteiger partial charge in [0.2, 0.25) is 0 Å². The Morgan fingerprint density at radius 2 is 1.41 bits per heavy atom. The summed E-state index contributed by atoms with van der Waals surface area (Å²) in [5, 5.41) is 4.88. The standard InChI is InChI=1S/C33H21N3S/c1-2-7-31-30(6-1)35-33-27-13-12-26(18-32(27)37-20-36(31)33)24-5-3-4-23(16-24)25-11-10-21-8-9-22-14-15-34-19-29(22)28(21)17-25/h1-19H,20H2. The zero-order valence-corrected chi connectivity index (χ0v) is 20.7. The molecule has 0 bridgehead atoms. The minimum atomic E-state index is 0.881. The zero-order valence-electron chi connectivity index (χ0n) is 19.9. The van der Waals surface area contributed by atoms with Crippen LogP contribution in [0.4, 0.5) is 0 Å². The molecule has 3 heterocycles. The highest BCUT2D eigenvalue weighted by molar-refractivity contribution is 7.98. The second-order valence-electron chi connectivity index (χ2n) is 9.52. The number of pyridine rings is 1. The van der Waals surface area contributed by atoms with Gasteiger partial charge in [0, 0.05) is 28.2 Å². The molecule has 2 aromatic heterocycles. The third-order valence-electron chi connectivity index (χ3n) is 7.40. The van der Waals surface area contributed by atoms with Crippen molar-refractivity contribution in [3.63, 3.8) is 0 Å². The average molecular weight is 492 g/mol. The van der Waals surface area contributed by atoms with E-state index in [4.69, 9.17) is 4.98 Å². The maximum absolute atomic E-state index is 4.94. The average Bonchev–Trinajstić information content (AvgIpc) is 3.36. The van der Waals surface area contributed by atoms with Crippen LogP contribution in [0.2, 0.25) is 0 Å². The van der Waals surface area contributed by atoms with Crippen molar-refractivity contribution in [3.05, 3.63) is 116 Å². The predicted octanol–water partition coefficient (Wildman–Crippen LogP) is 8.80. The molecule has 0 N–H and O–H groups in total. The summed E-state index contributed by atoms with van der Waals surface area (Å²) in [6, 6.07) is 37.2. The molecule has 0 unspecified atom stereocenters. The second kappa shape index (κ2) is 8.05. The Hall–Kier alpha value is -4.41. The van der Waals surface area contributed by atoms with Gasteiger partial charge >= 0.3 is 0 Å². The molecule has 1 aliphatic heterocycles. The molecule has 4 heteroatoms. The number of para-hydroxylation sites is 2. The summed E-state index contributed by atoms with van der Waals surface area (Å²) in [7, 11) is 0. The summed E-state index contributed by atoms with van der Waals surface area (Å²) >= 11 is 1.88. The molecule has 0 fully saturated rings. The van der Waals surface area contributed by atoms with Crippen LogP contribution in [0.3, 0.4) is 0 Å². The van der Waals surface area contributed by atoms with Crippen LogP contribution in [0.15, 0.2) is 120 Å². The number of benzene rings is 5. The van der Waals surface area contributed by atoms with Crippen molar-refractivity contribution in [1.82, 2.24) is 14.5 Å². The number of aromatic nitrogens is 3. The Balaban J connectivity index is 1.21. The first-order valence-electron chi connectivity index (χ1n) is 12.4. The third-order valence-corrected chi connectivity index (χ3v) is 8.43. The van der Waals surface area contributed by atoms with E-state index in [9.17, 15) is 0 Å². The minimum absolute atomic E-state index is 0.881. The van der Waals surface area contributed by atoms with Crippen molar-refractivity contribution >= 4 is 44.3 Å². The molecule has 37 heavy (non-hydrogen) atoms. The lowest BCUT2D eigenvalue weighted by Crippen LogP contribution is -2.04. The van der Waals surface area contributed by atoms with Crippen LogP contribution in [0.5, 0.6) is 0 Å². The van der Waals surface area contributed by atoms with E-state index in [1.165, 1.54) is 59.8 Å². The summed E-state index contributed by atoms with van der Waals surface area (Å²) < 4.78 is 2.32. The predicted molar refractivity (Wildman–Crippen MR) is 155 cm³/mol. The normalized spacial score (nSPS) is 12.6. The Kier molecular flexibility index (Phi) is 4.52. The van der Waals surface area contributed by atoms with Gasteiger partial charge in [-0.1, -0.05) is 60.7 Å². The minimum Gasteiger partial charge on any atom is -0.314 e. The summed E-state index contributed by atoms with van der Waals surface area (Å²) in [6.07, 6.45) is 3.82. The fraction of sp³-hybridized carbons (Fsp3) is 0.0303. The Morgan fingerprint density at radius 1 is 0.649 bits per heavy atom. The number of thioether (sulfide) groups is 1. The molecular formula is C33H21N3S. The number of hydrogen-bond donors (Lipinski definition) is 0. The van der Waals surface area contributed by atoms with E-state index < -0.39 is 0 Å². The molecule has 7 aromatic rings. The largest absolute Gasteiger partial charge is 0.314 e. The molecule has 0 saturated carbocycles. The number of nitrogens with zero attached hydrogens (tertiary/aromatic N) is 3. The lowest BCUT2D eigenvalue weighted by atomic mass is 9.95. The van der Waals surface area contributed by atoms with E-state index in [1.807, 2.05) is 24.2 Å². The topological polar surface area (TPSA) is 30.7 Å². The van der Waals surface area contributed by atoms with E-state index in [0.717, 1.165) is 17.2 Å². The molecule has 0 amide bonds. The number of imidazole rings is 1. The monoisotopic (exact) mass is 491 g/mol. The number of hydrogen-bond acceptors (Lipinski definition) is 3. The van der Waals surface area contributed by atoms with Gasteiger partial charge in [-0.2, -0.15) is 0 Å². The van der Waals surface area contributed by atoms with Crippen molar-refractivity contribution in [2.45, 2.75) is 10.8 Å². The van der Waals surface area contributed by atoms with Gasteiger partial charge in [-0.3, -0.25) is 4.98 Å². The summed E-state index contributed by atoms with van der Waals surface area (Å²) in [5.41, 5.74) is 8.35. The highest BCUT2D eigenvalue weighted by atomic mass is 32.2. The van der Waals surface area contributed by atoms with Crippen molar-refractivity contribution in [2.75, 3.05) is 0 Å². The van der Waals surface area contributed by atoms with Gasteiger partial charge in [-0.15, -0.1) is 11.8 Å². The summed E-state index contributed by atoms with van der Waals surface area (Å²) in [4.78, 5) is 10.6. The first-order valence-corrected chi connectivity index (χ1v) is 13.4. The zero-order chi connectivity index (χ0) is 24.3. The van der Waals surface area contributed by atoms with Gasteiger partial charge < -0.3 is 4.57 Å². The summed E-state index contributed by atoms with van der Waals surface area (Å²) in [5.74, 6) is 1.94. The third kappa shape index (κ3) is 3.30. The fourth-order valence-corrected chi connectivity index (χ4v) is 6.55. The maximum Gasteiger partial charge on any atom is 0.143 e. The number of rotatable bonds is 2. The SMILES string of the molecule is c1cc(-c2ccc3c(c2)SCn2c-3nc3ccccc32)cc(-c2ccc3ccc4ccncc4c3c2)c1. The smallest absolute Gasteiger partial charge is 0.143 e. The van der Waals surface area contributed by atoms with Gasteiger partial charge in [0.1, 0.15) is 5.82 Å². The Labute approximate surface area is 218 Å². The van der Waals surface area contributed by atoms with Crippen molar-refractivity contribution < 1.29 is 0 Å². The molecule has 0 aliphatic carbocycles. The lowest BCUT2D eigenvalue weighted by molar-refractivity contribution is 0.916. The van der Waals surface area contributed by atoms with Gasteiger partial charge in [0.25, 0.3) is 0 Å². The second-order valence-corrected chi connectivity index (χ2v) is 10.5. The molecule has 5 aromatic carbocycles. The van der Waals surface area contributed by atoms with E-state index in [1.54, 1.807) is 0 Å². The van der Waals surface area contributed by atoms with E-state index in [0.29, 0.717) is 0 Å². The number of fused-ring (bicyclic) bond motifs is 8. The van der Waals surface area contributed by atoms with Gasteiger partial charge in [0.15, 0.2) is 0 Å². The van der Waals surface area contributed by atoms with Crippen LogP contribution in [-0.2, 0) is 5.88 Å². The van der Waals surface area contributed by atoms with Gasteiger partial charge in [0.05, 0.1) is 16.9 Å². The molecule has 0 radical (unpaired) electrons. The van der Waals surface area contributed by atoms with E-state index >= 15 is 0 Å². The molecule has 174 valence electrons. The highest BCUT2D eigenvalue weighted by Crippen LogP contribution is 2.42. The highest BCUT2D eigenvalue weighted by Gasteiger charge is 2.21. The Morgan fingerprint density at radius 3 is 2.32 bits per heavy atom. The van der Waals surface area contributed by atoms with Crippen LogP contribution in [0.25, 0.3) is 66.2 Å². The fourth-order valence-electron chi connectivity index (χ4n) is 5.50. The van der Waals surface area contributed by atoms with Crippen LogP contribution in [-0.4, -0.2) is 14.5 Å². The molecule has 3 nitrogen and oxygen atoms in total. The molecule has 0 atom stereocenters. The van der Waals surface area contributed by atoms with Crippen LogP contribution >= 0.6 is 11.8 Å². The first kappa shape index (κ1) is 20.7. The van der Waals surface area contributed by atoms with Crippen LogP contribution < -0.4 is 0 Å². The van der Waals surface area contributed by atoms with Crippen molar-refractivity contribution in [1.29, 1.82) is 0 Å². The first-order chi connectivity index (χ1) is 18.3. The quantitative estimate of drug-likeness (QED) is 0.226. The summed E-state index contributed by atoms with van der Waals surface area (Å²) in [6.45, 7) is 0. The van der Waals surface area contributed by atoms with Crippen LogP contribution in [0, 0.1) is 0 Å².